The number of hydrogen-bond donors (Lipinski definition) is 1. The molecule has 1 aromatic heterocycles. The van der Waals surface area contributed by atoms with Crippen molar-refractivity contribution in [2.24, 2.45) is 11.8 Å². The van der Waals surface area contributed by atoms with Crippen LogP contribution in [0.25, 0.3) is 22.4 Å². The average molecular weight is 464 g/mol. The summed E-state index contributed by atoms with van der Waals surface area (Å²) in [4.78, 5) is 15.4. The van der Waals surface area contributed by atoms with Crippen molar-refractivity contribution in [3.8, 4) is 22.4 Å². The highest BCUT2D eigenvalue weighted by Crippen LogP contribution is 2.37. The predicted molar refractivity (Wildman–Crippen MR) is 138 cm³/mol. The number of fused-ring (bicyclic) bond motifs is 3. The highest BCUT2D eigenvalue weighted by atomic mass is 16.2. The van der Waals surface area contributed by atoms with Gasteiger partial charge in [-0.15, -0.1) is 5.10 Å². The molecule has 6 nitrogen and oxygen atoms in total. The third kappa shape index (κ3) is 4.62. The van der Waals surface area contributed by atoms with E-state index in [2.05, 4.69) is 69.1 Å². The number of anilines is 1. The number of rotatable bonds is 6. The van der Waals surface area contributed by atoms with Gasteiger partial charge in [-0.3, -0.25) is 14.4 Å². The number of hydrogen-bond acceptors (Lipinski definition) is 4. The normalized spacial score (nSPS) is 23.2. The monoisotopic (exact) mass is 463 g/mol. The Morgan fingerprint density at radius 2 is 1.57 bits per heavy atom. The lowest BCUT2D eigenvalue weighted by molar-refractivity contribution is -0.127. The number of benzene rings is 3. The van der Waals surface area contributed by atoms with Crippen molar-refractivity contribution < 1.29 is 4.79 Å². The minimum absolute atomic E-state index is 0.0506. The van der Waals surface area contributed by atoms with Gasteiger partial charge in [-0.25, -0.2) is 0 Å². The molecule has 35 heavy (non-hydrogen) atoms. The van der Waals surface area contributed by atoms with Crippen molar-refractivity contribution in [1.29, 1.82) is 0 Å². The first-order valence-electron chi connectivity index (χ1n) is 12.4. The van der Waals surface area contributed by atoms with Crippen LogP contribution in [0, 0.1) is 11.8 Å². The van der Waals surface area contributed by atoms with Gasteiger partial charge in [0.15, 0.2) is 0 Å². The Labute approximate surface area is 205 Å². The molecule has 3 aliphatic heterocycles. The number of amides is 1. The SMILES string of the molecule is O=C(Nc1ccccc1)C1CN2CCC1CC2Cn1cc(-c2ccc(-c3ccccc3)cc2)nn1. The zero-order valence-electron chi connectivity index (χ0n) is 19.6. The number of nitrogens with zero attached hydrogens (tertiary/aromatic N) is 4. The van der Waals surface area contributed by atoms with Crippen LogP contribution in [0.4, 0.5) is 5.69 Å². The second-order valence-electron chi connectivity index (χ2n) is 9.66. The largest absolute Gasteiger partial charge is 0.326 e. The van der Waals surface area contributed by atoms with Crippen LogP contribution in [0.5, 0.6) is 0 Å². The summed E-state index contributed by atoms with van der Waals surface area (Å²) in [6, 6.07) is 29.0. The molecule has 0 aliphatic carbocycles. The second-order valence-corrected chi connectivity index (χ2v) is 9.66. The van der Waals surface area contributed by atoms with Gasteiger partial charge in [-0.05, 0) is 48.6 Å². The first kappa shape index (κ1) is 21.7. The molecule has 4 unspecified atom stereocenters. The predicted octanol–water partition coefficient (Wildman–Crippen LogP) is 4.96. The van der Waals surface area contributed by atoms with E-state index < -0.39 is 0 Å². The first-order valence-corrected chi connectivity index (χ1v) is 12.4. The lowest BCUT2D eigenvalue weighted by atomic mass is 9.75. The number of aromatic nitrogens is 3. The molecule has 3 saturated heterocycles. The smallest absolute Gasteiger partial charge is 0.229 e. The van der Waals surface area contributed by atoms with Gasteiger partial charge in [0.2, 0.25) is 5.91 Å². The van der Waals surface area contributed by atoms with E-state index in [1.807, 2.05) is 47.3 Å². The number of carbonyl (C=O) groups is 1. The highest BCUT2D eigenvalue weighted by Gasteiger charge is 2.43. The van der Waals surface area contributed by atoms with E-state index in [1.165, 1.54) is 11.1 Å². The van der Waals surface area contributed by atoms with Gasteiger partial charge < -0.3 is 5.32 Å². The second kappa shape index (κ2) is 9.47. The van der Waals surface area contributed by atoms with Crippen LogP contribution >= 0.6 is 0 Å². The molecule has 4 heterocycles. The van der Waals surface area contributed by atoms with Gasteiger partial charge in [-0.2, -0.15) is 0 Å². The molecule has 2 bridgehead atoms. The fraction of sp³-hybridized carbons (Fsp3) is 0.276. The van der Waals surface area contributed by atoms with E-state index in [9.17, 15) is 4.79 Å². The van der Waals surface area contributed by atoms with E-state index in [-0.39, 0.29) is 11.8 Å². The summed E-state index contributed by atoms with van der Waals surface area (Å²) >= 11 is 0. The summed E-state index contributed by atoms with van der Waals surface area (Å²) in [7, 11) is 0. The summed E-state index contributed by atoms with van der Waals surface area (Å²) in [6.07, 6.45) is 4.15. The molecular weight excluding hydrogens is 434 g/mol. The minimum Gasteiger partial charge on any atom is -0.326 e. The Balaban J connectivity index is 1.09. The van der Waals surface area contributed by atoms with Gasteiger partial charge in [0.05, 0.1) is 18.7 Å². The molecule has 3 fully saturated rings. The Morgan fingerprint density at radius 3 is 2.29 bits per heavy atom. The Bertz CT molecular complexity index is 1290. The Hall–Kier alpha value is -3.77. The van der Waals surface area contributed by atoms with Crippen LogP contribution in [0.2, 0.25) is 0 Å². The first-order chi connectivity index (χ1) is 17.2. The van der Waals surface area contributed by atoms with Crippen LogP contribution in [0.1, 0.15) is 12.8 Å². The summed E-state index contributed by atoms with van der Waals surface area (Å²) in [5.74, 6) is 0.614. The minimum atomic E-state index is 0.0506. The molecule has 7 rings (SSSR count). The third-order valence-electron chi connectivity index (χ3n) is 7.48. The van der Waals surface area contributed by atoms with Crippen LogP contribution in [0.3, 0.4) is 0 Å². The molecule has 1 N–H and O–H groups in total. The van der Waals surface area contributed by atoms with Crippen LogP contribution in [-0.2, 0) is 11.3 Å². The number of piperidine rings is 3. The van der Waals surface area contributed by atoms with Crippen molar-refractivity contribution in [3.05, 3.63) is 91.1 Å². The average Bonchev–Trinajstić information content (AvgIpc) is 3.39. The van der Waals surface area contributed by atoms with Crippen LogP contribution in [-0.4, -0.2) is 44.9 Å². The summed E-state index contributed by atoms with van der Waals surface area (Å²) in [5.41, 5.74) is 5.23. The molecule has 1 amide bonds. The number of para-hydroxylation sites is 1. The van der Waals surface area contributed by atoms with Gasteiger partial charge in [0.25, 0.3) is 0 Å². The summed E-state index contributed by atoms with van der Waals surface area (Å²) in [6.45, 7) is 2.67. The Kier molecular flexibility index (Phi) is 5.88. The maximum absolute atomic E-state index is 12.9. The number of carbonyl (C=O) groups excluding carboxylic acids is 1. The van der Waals surface area contributed by atoms with E-state index in [0.29, 0.717) is 12.0 Å². The third-order valence-corrected chi connectivity index (χ3v) is 7.48. The lowest BCUT2D eigenvalue weighted by Gasteiger charge is -2.49. The van der Waals surface area contributed by atoms with Gasteiger partial charge in [0.1, 0.15) is 5.69 Å². The fourth-order valence-electron chi connectivity index (χ4n) is 5.58. The van der Waals surface area contributed by atoms with E-state index in [0.717, 1.165) is 49.4 Å². The zero-order valence-corrected chi connectivity index (χ0v) is 19.6. The van der Waals surface area contributed by atoms with E-state index in [4.69, 9.17) is 0 Å². The quantitative estimate of drug-likeness (QED) is 0.439. The van der Waals surface area contributed by atoms with Gasteiger partial charge in [-0.1, -0.05) is 78.0 Å². The molecule has 0 radical (unpaired) electrons. The summed E-state index contributed by atoms with van der Waals surface area (Å²) < 4.78 is 1.96. The molecule has 3 aliphatic rings. The molecule has 4 atom stereocenters. The van der Waals surface area contributed by atoms with Crippen molar-refractivity contribution in [1.82, 2.24) is 19.9 Å². The lowest BCUT2D eigenvalue weighted by Crippen LogP contribution is -2.57. The van der Waals surface area contributed by atoms with Crippen LogP contribution < -0.4 is 5.32 Å². The van der Waals surface area contributed by atoms with Crippen molar-refractivity contribution in [2.45, 2.75) is 25.4 Å². The molecule has 176 valence electrons. The van der Waals surface area contributed by atoms with E-state index >= 15 is 0 Å². The van der Waals surface area contributed by atoms with Crippen molar-refractivity contribution in [2.75, 3.05) is 18.4 Å². The number of nitrogens with one attached hydrogen (secondary N) is 1. The topological polar surface area (TPSA) is 63.1 Å². The molecule has 0 spiro atoms. The highest BCUT2D eigenvalue weighted by molar-refractivity contribution is 5.93. The molecular formula is C29H29N5O. The van der Waals surface area contributed by atoms with Crippen LogP contribution in [0.15, 0.2) is 91.1 Å². The van der Waals surface area contributed by atoms with Crippen molar-refractivity contribution in [3.63, 3.8) is 0 Å². The van der Waals surface area contributed by atoms with E-state index in [1.54, 1.807) is 0 Å². The zero-order chi connectivity index (χ0) is 23.6. The molecule has 3 aromatic carbocycles. The standard InChI is InChI=1S/C29H29N5O/c35-29(30-25-9-5-2-6-10-25)27-19-33-16-15-24(27)17-26(33)18-34-20-28(31-32-34)23-13-11-22(12-14-23)21-7-3-1-4-8-21/h1-14,20,24,26-27H,15-19H2,(H,30,35). The fourth-order valence-corrected chi connectivity index (χ4v) is 5.58. The Morgan fingerprint density at radius 1 is 0.886 bits per heavy atom. The molecule has 6 heteroatoms. The molecule has 0 saturated carbocycles. The van der Waals surface area contributed by atoms with Gasteiger partial charge >= 0.3 is 0 Å². The molecule has 4 aromatic rings. The van der Waals surface area contributed by atoms with Gasteiger partial charge in [0, 0.05) is 23.8 Å². The maximum atomic E-state index is 12.9. The maximum Gasteiger partial charge on any atom is 0.229 e. The van der Waals surface area contributed by atoms with Crippen molar-refractivity contribution >= 4 is 11.6 Å². The summed E-state index contributed by atoms with van der Waals surface area (Å²) in [5, 5.41) is 12.0.